The highest BCUT2D eigenvalue weighted by atomic mass is 35.5. The smallest absolute Gasteiger partial charge is 0.262 e. The molecule has 2 aromatic carbocycles. The molecule has 7 nitrogen and oxygen atoms in total. The van der Waals surface area contributed by atoms with E-state index in [1.54, 1.807) is 48.8 Å². The Balaban J connectivity index is 1.50. The fourth-order valence-corrected chi connectivity index (χ4v) is 2.85. The Bertz CT molecular complexity index is 1130. The molecule has 29 heavy (non-hydrogen) atoms. The summed E-state index contributed by atoms with van der Waals surface area (Å²) in [6, 6.07) is 17.8. The summed E-state index contributed by atoms with van der Waals surface area (Å²) in [6.45, 7) is -0.183. The van der Waals surface area contributed by atoms with Crippen LogP contribution in [0.2, 0.25) is 5.02 Å². The second-order valence-corrected chi connectivity index (χ2v) is 6.38. The predicted molar refractivity (Wildman–Crippen MR) is 109 cm³/mol. The molecule has 144 valence electrons. The maximum absolute atomic E-state index is 12.1. The zero-order chi connectivity index (χ0) is 20.1. The fraction of sp³-hybridized carbons (Fsp3) is 0.0476. The number of ether oxygens (including phenoxy) is 1. The Hall–Kier alpha value is -3.71. The lowest BCUT2D eigenvalue weighted by atomic mass is 10.2. The van der Waals surface area contributed by atoms with Crippen LogP contribution >= 0.6 is 11.6 Å². The van der Waals surface area contributed by atoms with Gasteiger partial charge in [-0.05, 0) is 36.4 Å². The Morgan fingerprint density at radius 3 is 2.62 bits per heavy atom. The van der Waals surface area contributed by atoms with Gasteiger partial charge in [-0.2, -0.15) is 4.98 Å². The van der Waals surface area contributed by atoms with Crippen molar-refractivity contribution in [2.75, 3.05) is 11.9 Å². The highest BCUT2D eigenvalue weighted by molar-refractivity contribution is 6.33. The molecule has 0 radical (unpaired) electrons. The number of hydrogen-bond donors (Lipinski definition) is 1. The van der Waals surface area contributed by atoms with Crippen molar-refractivity contribution >= 4 is 23.2 Å². The number of nitrogens with one attached hydrogen (secondary N) is 1. The lowest BCUT2D eigenvalue weighted by Gasteiger charge is -2.09. The third-order valence-electron chi connectivity index (χ3n) is 3.96. The molecule has 0 atom stereocenters. The highest BCUT2D eigenvalue weighted by Gasteiger charge is 2.17. The van der Waals surface area contributed by atoms with E-state index in [0.717, 1.165) is 0 Å². The number of aromatic nitrogens is 3. The highest BCUT2D eigenvalue weighted by Crippen LogP contribution is 2.31. The van der Waals surface area contributed by atoms with Crippen molar-refractivity contribution in [1.29, 1.82) is 0 Å². The molecule has 0 fully saturated rings. The Morgan fingerprint density at radius 1 is 1.03 bits per heavy atom. The largest absolute Gasteiger partial charge is 0.483 e. The fourth-order valence-electron chi connectivity index (χ4n) is 2.63. The summed E-state index contributed by atoms with van der Waals surface area (Å²) in [5, 5.41) is 7.24. The number of para-hydroxylation sites is 1. The first-order chi connectivity index (χ1) is 14.2. The first-order valence-corrected chi connectivity index (χ1v) is 9.09. The van der Waals surface area contributed by atoms with Crippen LogP contribution in [0, 0.1) is 0 Å². The van der Waals surface area contributed by atoms with Gasteiger partial charge in [0.15, 0.2) is 6.61 Å². The molecule has 2 heterocycles. The Morgan fingerprint density at radius 2 is 1.83 bits per heavy atom. The molecule has 4 aromatic rings. The summed E-state index contributed by atoms with van der Waals surface area (Å²) in [7, 11) is 0. The molecule has 0 aliphatic heterocycles. The molecule has 4 rings (SSSR count). The van der Waals surface area contributed by atoms with Crippen molar-refractivity contribution in [2.24, 2.45) is 0 Å². The van der Waals surface area contributed by atoms with Gasteiger partial charge in [0.2, 0.25) is 5.82 Å². The zero-order valence-electron chi connectivity index (χ0n) is 15.1. The lowest BCUT2D eigenvalue weighted by molar-refractivity contribution is -0.118. The summed E-state index contributed by atoms with van der Waals surface area (Å²) < 4.78 is 11.1. The number of hydrogen-bond acceptors (Lipinski definition) is 6. The van der Waals surface area contributed by atoms with Crippen LogP contribution in [0.1, 0.15) is 0 Å². The van der Waals surface area contributed by atoms with E-state index in [9.17, 15) is 4.79 Å². The summed E-state index contributed by atoms with van der Waals surface area (Å²) in [5.41, 5.74) is 1.83. The first-order valence-electron chi connectivity index (χ1n) is 8.71. The molecule has 8 heteroatoms. The van der Waals surface area contributed by atoms with Crippen molar-refractivity contribution in [3.05, 3.63) is 78.1 Å². The SMILES string of the molecule is O=C(COc1ccccc1-c1nc(-c2ccccc2Cl)no1)Nc1cccnc1. The first kappa shape index (κ1) is 18.6. The van der Waals surface area contributed by atoms with Gasteiger partial charge >= 0.3 is 0 Å². The van der Waals surface area contributed by atoms with Crippen LogP contribution in [-0.2, 0) is 4.79 Å². The van der Waals surface area contributed by atoms with Crippen molar-refractivity contribution < 1.29 is 14.1 Å². The van der Waals surface area contributed by atoms with Crippen LogP contribution < -0.4 is 10.1 Å². The number of carbonyl (C=O) groups excluding carboxylic acids is 1. The van der Waals surface area contributed by atoms with E-state index in [1.807, 2.05) is 24.3 Å². The topological polar surface area (TPSA) is 90.1 Å². The molecular formula is C21H15ClN4O3. The second kappa shape index (κ2) is 8.53. The van der Waals surface area contributed by atoms with Crippen LogP contribution in [0.25, 0.3) is 22.8 Å². The number of carbonyl (C=O) groups is 1. The minimum Gasteiger partial charge on any atom is -0.483 e. The summed E-state index contributed by atoms with van der Waals surface area (Å²) >= 11 is 6.20. The van der Waals surface area contributed by atoms with Crippen molar-refractivity contribution in [2.45, 2.75) is 0 Å². The molecule has 0 unspecified atom stereocenters. The number of amides is 1. The van der Waals surface area contributed by atoms with Gasteiger partial charge in [-0.25, -0.2) is 0 Å². The van der Waals surface area contributed by atoms with Crippen LogP contribution in [-0.4, -0.2) is 27.6 Å². The Kier molecular flexibility index (Phi) is 5.49. The monoisotopic (exact) mass is 406 g/mol. The standard InChI is InChI=1S/C21H15ClN4O3/c22-17-9-3-1-7-15(17)20-25-21(29-26-20)16-8-2-4-10-18(16)28-13-19(27)24-14-6-5-11-23-12-14/h1-12H,13H2,(H,24,27). The predicted octanol–water partition coefficient (Wildman–Crippen LogP) is 4.47. The van der Waals surface area contributed by atoms with Gasteiger partial charge in [0, 0.05) is 11.8 Å². The number of rotatable bonds is 6. The van der Waals surface area contributed by atoms with Gasteiger partial charge in [0.1, 0.15) is 5.75 Å². The van der Waals surface area contributed by atoms with Crippen molar-refractivity contribution in [3.8, 4) is 28.6 Å². The number of anilines is 1. The van der Waals surface area contributed by atoms with Gasteiger partial charge in [-0.1, -0.05) is 41.0 Å². The average Bonchev–Trinajstić information content (AvgIpc) is 3.23. The van der Waals surface area contributed by atoms with Gasteiger partial charge in [-0.15, -0.1) is 0 Å². The normalized spacial score (nSPS) is 10.5. The van der Waals surface area contributed by atoms with E-state index in [4.69, 9.17) is 20.9 Å². The van der Waals surface area contributed by atoms with Crippen LogP contribution in [0.4, 0.5) is 5.69 Å². The van der Waals surface area contributed by atoms with Gasteiger partial charge in [0.25, 0.3) is 11.8 Å². The molecule has 1 amide bonds. The van der Waals surface area contributed by atoms with Gasteiger partial charge < -0.3 is 14.6 Å². The number of pyridine rings is 1. The van der Waals surface area contributed by atoms with E-state index < -0.39 is 0 Å². The third kappa shape index (κ3) is 4.41. The zero-order valence-corrected chi connectivity index (χ0v) is 15.8. The van der Waals surface area contributed by atoms with Crippen molar-refractivity contribution in [3.63, 3.8) is 0 Å². The van der Waals surface area contributed by atoms with Crippen LogP contribution in [0.5, 0.6) is 5.75 Å². The quantitative estimate of drug-likeness (QED) is 0.508. The average molecular weight is 407 g/mol. The van der Waals surface area contributed by atoms with Crippen LogP contribution in [0.15, 0.2) is 77.6 Å². The van der Waals surface area contributed by atoms with Crippen LogP contribution in [0.3, 0.4) is 0 Å². The summed E-state index contributed by atoms with van der Waals surface area (Å²) in [5.74, 6) is 0.774. The minimum absolute atomic E-state index is 0.183. The van der Waals surface area contributed by atoms with E-state index in [2.05, 4.69) is 20.4 Å². The molecule has 1 N–H and O–H groups in total. The Labute approximate surface area is 171 Å². The molecule has 2 aromatic heterocycles. The number of nitrogens with zero attached hydrogens (tertiary/aromatic N) is 3. The minimum atomic E-state index is -0.310. The molecule has 0 aliphatic carbocycles. The molecule has 0 saturated carbocycles. The van der Waals surface area contributed by atoms with E-state index >= 15 is 0 Å². The number of benzene rings is 2. The maximum Gasteiger partial charge on any atom is 0.262 e. The molecule has 0 bridgehead atoms. The summed E-state index contributed by atoms with van der Waals surface area (Å²) in [6.07, 6.45) is 3.18. The van der Waals surface area contributed by atoms with E-state index in [1.165, 1.54) is 0 Å². The molecule has 0 spiro atoms. The van der Waals surface area contributed by atoms with E-state index in [0.29, 0.717) is 33.4 Å². The maximum atomic E-state index is 12.1. The summed E-state index contributed by atoms with van der Waals surface area (Å²) in [4.78, 5) is 20.5. The van der Waals surface area contributed by atoms with Gasteiger partial charge in [0.05, 0.1) is 22.5 Å². The second-order valence-electron chi connectivity index (χ2n) is 5.98. The van der Waals surface area contributed by atoms with Crippen molar-refractivity contribution in [1.82, 2.24) is 15.1 Å². The lowest BCUT2D eigenvalue weighted by Crippen LogP contribution is -2.20. The third-order valence-corrected chi connectivity index (χ3v) is 4.29. The number of halogens is 1. The molecular weight excluding hydrogens is 392 g/mol. The van der Waals surface area contributed by atoms with E-state index in [-0.39, 0.29) is 18.4 Å². The molecule has 0 aliphatic rings. The molecule has 0 saturated heterocycles. The van der Waals surface area contributed by atoms with Gasteiger partial charge in [-0.3, -0.25) is 9.78 Å².